The van der Waals surface area contributed by atoms with E-state index < -0.39 is 5.97 Å². The van der Waals surface area contributed by atoms with Crippen LogP contribution in [-0.4, -0.2) is 35.6 Å². The van der Waals surface area contributed by atoms with E-state index in [-0.39, 0.29) is 17.6 Å². The van der Waals surface area contributed by atoms with Gasteiger partial charge < -0.3 is 10.0 Å². The Bertz CT molecular complexity index is 753. The maximum Gasteiger partial charge on any atom is 0.307 e. The van der Waals surface area contributed by atoms with Gasteiger partial charge in [0.2, 0.25) is 0 Å². The van der Waals surface area contributed by atoms with Gasteiger partial charge in [-0.2, -0.15) is 0 Å². The SMILES string of the molecule is O=C(O)C1CCCN(CCC=C(c2ccc(F)cc2)c2ccc(F)cc2)C1. The molecule has 0 bridgehead atoms. The molecule has 0 aliphatic carbocycles. The van der Waals surface area contributed by atoms with Crippen LogP contribution >= 0.6 is 0 Å². The fraction of sp³-hybridized carbons (Fsp3) is 0.318. The summed E-state index contributed by atoms with van der Waals surface area (Å²) in [5.74, 6) is -1.62. The Kier molecular flexibility index (Phi) is 6.35. The lowest BCUT2D eigenvalue weighted by Crippen LogP contribution is -2.39. The number of halogens is 2. The number of hydrogen-bond donors (Lipinski definition) is 1. The van der Waals surface area contributed by atoms with Gasteiger partial charge >= 0.3 is 5.97 Å². The summed E-state index contributed by atoms with van der Waals surface area (Å²) in [6, 6.07) is 12.5. The number of carbonyl (C=O) groups is 1. The van der Waals surface area contributed by atoms with E-state index in [0.717, 1.165) is 49.1 Å². The molecule has 1 aliphatic heterocycles. The van der Waals surface area contributed by atoms with Crippen LogP contribution in [-0.2, 0) is 4.79 Å². The molecule has 5 heteroatoms. The summed E-state index contributed by atoms with van der Waals surface area (Å²) in [5.41, 5.74) is 2.65. The smallest absolute Gasteiger partial charge is 0.307 e. The van der Waals surface area contributed by atoms with Gasteiger partial charge in [0.05, 0.1) is 5.92 Å². The van der Waals surface area contributed by atoms with Crippen molar-refractivity contribution in [2.45, 2.75) is 19.3 Å². The summed E-state index contributed by atoms with van der Waals surface area (Å²) in [6.45, 7) is 2.24. The van der Waals surface area contributed by atoms with Crippen molar-refractivity contribution < 1.29 is 18.7 Å². The first kappa shape index (κ1) is 19.2. The van der Waals surface area contributed by atoms with Crippen LogP contribution in [0.5, 0.6) is 0 Å². The molecule has 1 fully saturated rings. The number of rotatable bonds is 6. The number of aliphatic carboxylic acids is 1. The Labute approximate surface area is 157 Å². The average Bonchev–Trinajstić information content (AvgIpc) is 2.67. The first-order chi connectivity index (χ1) is 13.0. The van der Waals surface area contributed by atoms with Crippen LogP contribution in [0.3, 0.4) is 0 Å². The molecule has 1 atom stereocenters. The van der Waals surface area contributed by atoms with E-state index in [1.54, 1.807) is 24.3 Å². The van der Waals surface area contributed by atoms with E-state index in [0.29, 0.717) is 6.54 Å². The van der Waals surface area contributed by atoms with E-state index >= 15 is 0 Å². The molecular formula is C22H23F2NO2. The maximum atomic E-state index is 13.3. The highest BCUT2D eigenvalue weighted by atomic mass is 19.1. The van der Waals surface area contributed by atoms with Gasteiger partial charge in [0.15, 0.2) is 0 Å². The maximum absolute atomic E-state index is 13.3. The molecule has 1 heterocycles. The van der Waals surface area contributed by atoms with Crippen molar-refractivity contribution in [3.63, 3.8) is 0 Å². The molecule has 142 valence electrons. The lowest BCUT2D eigenvalue weighted by molar-refractivity contribution is -0.143. The fourth-order valence-corrected chi connectivity index (χ4v) is 3.51. The first-order valence-corrected chi connectivity index (χ1v) is 9.20. The molecule has 27 heavy (non-hydrogen) atoms. The average molecular weight is 371 g/mol. The van der Waals surface area contributed by atoms with Gasteiger partial charge in [-0.25, -0.2) is 8.78 Å². The zero-order chi connectivity index (χ0) is 19.2. The molecule has 0 amide bonds. The summed E-state index contributed by atoms with van der Waals surface area (Å²) in [4.78, 5) is 13.4. The van der Waals surface area contributed by atoms with Crippen molar-refractivity contribution in [2.75, 3.05) is 19.6 Å². The van der Waals surface area contributed by atoms with E-state index in [9.17, 15) is 18.7 Å². The minimum absolute atomic E-state index is 0.295. The Morgan fingerprint density at radius 3 is 2.11 bits per heavy atom. The summed E-state index contributed by atoms with van der Waals surface area (Å²) in [7, 11) is 0. The number of hydrogen-bond acceptors (Lipinski definition) is 2. The standard InChI is InChI=1S/C22H23F2NO2/c23-19-9-5-16(6-10-19)21(17-7-11-20(24)12-8-17)4-2-14-25-13-1-3-18(15-25)22(26)27/h4-12,18H,1-3,13-15H2,(H,26,27). The van der Waals surface area contributed by atoms with Crippen molar-refractivity contribution in [3.05, 3.63) is 77.4 Å². The van der Waals surface area contributed by atoms with Gasteiger partial charge in [-0.15, -0.1) is 0 Å². The van der Waals surface area contributed by atoms with E-state index in [1.165, 1.54) is 24.3 Å². The highest BCUT2D eigenvalue weighted by molar-refractivity contribution is 5.79. The molecule has 3 nitrogen and oxygen atoms in total. The Morgan fingerprint density at radius 1 is 1.04 bits per heavy atom. The normalized spacial score (nSPS) is 17.5. The lowest BCUT2D eigenvalue weighted by atomic mass is 9.96. The molecule has 2 aromatic carbocycles. The quantitative estimate of drug-likeness (QED) is 0.808. The van der Waals surface area contributed by atoms with E-state index in [2.05, 4.69) is 11.0 Å². The van der Waals surface area contributed by atoms with Crippen LogP contribution in [0.25, 0.3) is 5.57 Å². The summed E-state index contributed by atoms with van der Waals surface area (Å²) < 4.78 is 26.6. The topological polar surface area (TPSA) is 40.5 Å². The zero-order valence-electron chi connectivity index (χ0n) is 15.1. The molecule has 3 rings (SSSR count). The van der Waals surface area contributed by atoms with Crippen molar-refractivity contribution in [2.24, 2.45) is 5.92 Å². The number of carboxylic acids is 1. The van der Waals surface area contributed by atoms with E-state index in [4.69, 9.17) is 0 Å². The summed E-state index contributed by atoms with van der Waals surface area (Å²) in [6.07, 6.45) is 4.42. The molecule has 2 aromatic rings. The second-order valence-corrected chi connectivity index (χ2v) is 6.90. The summed E-state index contributed by atoms with van der Waals surface area (Å²) >= 11 is 0. The molecule has 1 N–H and O–H groups in total. The van der Waals surface area contributed by atoms with E-state index in [1.807, 2.05) is 0 Å². The number of carboxylic acid groups (broad SMARTS) is 1. The van der Waals surface area contributed by atoms with Crippen LogP contribution in [0.1, 0.15) is 30.4 Å². The molecule has 1 unspecified atom stereocenters. The first-order valence-electron chi connectivity index (χ1n) is 9.20. The molecule has 1 saturated heterocycles. The van der Waals surface area contributed by atoms with Gasteiger partial charge in [-0.05, 0) is 66.8 Å². The van der Waals surface area contributed by atoms with Gasteiger partial charge in [0.25, 0.3) is 0 Å². The molecule has 0 aromatic heterocycles. The Morgan fingerprint density at radius 2 is 1.59 bits per heavy atom. The Balaban J connectivity index is 1.75. The van der Waals surface area contributed by atoms with Crippen LogP contribution in [0.4, 0.5) is 8.78 Å². The molecule has 1 aliphatic rings. The van der Waals surface area contributed by atoms with Gasteiger partial charge in [0, 0.05) is 13.1 Å². The number of likely N-dealkylation sites (tertiary alicyclic amines) is 1. The molecule has 0 spiro atoms. The number of benzene rings is 2. The largest absolute Gasteiger partial charge is 0.481 e. The fourth-order valence-electron chi connectivity index (χ4n) is 3.51. The minimum atomic E-state index is -0.728. The van der Waals surface area contributed by atoms with Crippen molar-refractivity contribution in [3.8, 4) is 0 Å². The van der Waals surface area contributed by atoms with Crippen molar-refractivity contribution in [1.29, 1.82) is 0 Å². The predicted octanol–water partition coefficient (Wildman–Crippen LogP) is 4.58. The summed E-state index contributed by atoms with van der Waals surface area (Å²) in [5, 5.41) is 9.21. The van der Waals surface area contributed by atoms with Crippen molar-refractivity contribution >= 4 is 11.5 Å². The van der Waals surface area contributed by atoms with Gasteiger partial charge in [-0.1, -0.05) is 30.3 Å². The van der Waals surface area contributed by atoms with Crippen molar-refractivity contribution in [1.82, 2.24) is 4.90 Å². The monoisotopic (exact) mass is 371 g/mol. The third-order valence-electron chi connectivity index (χ3n) is 4.96. The molecular weight excluding hydrogens is 348 g/mol. The molecule has 0 saturated carbocycles. The van der Waals surface area contributed by atoms with Crippen LogP contribution in [0.15, 0.2) is 54.6 Å². The second kappa shape index (κ2) is 8.91. The van der Waals surface area contributed by atoms with Gasteiger partial charge in [-0.3, -0.25) is 4.79 Å². The highest BCUT2D eigenvalue weighted by Crippen LogP contribution is 2.25. The molecule has 0 radical (unpaired) electrons. The lowest BCUT2D eigenvalue weighted by Gasteiger charge is -2.30. The van der Waals surface area contributed by atoms with Crippen LogP contribution < -0.4 is 0 Å². The third kappa shape index (κ3) is 5.23. The number of nitrogens with zero attached hydrogens (tertiary/aromatic N) is 1. The highest BCUT2D eigenvalue weighted by Gasteiger charge is 2.24. The van der Waals surface area contributed by atoms with Gasteiger partial charge in [0.1, 0.15) is 11.6 Å². The van der Waals surface area contributed by atoms with Crippen LogP contribution in [0.2, 0.25) is 0 Å². The van der Waals surface area contributed by atoms with Crippen LogP contribution in [0, 0.1) is 17.6 Å². The second-order valence-electron chi connectivity index (χ2n) is 6.90. The minimum Gasteiger partial charge on any atom is -0.481 e. The predicted molar refractivity (Wildman–Crippen MR) is 101 cm³/mol. The third-order valence-corrected chi connectivity index (χ3v) is 4.96. The Hall–Kier alpha value is -2.53. The number of piperidine rings is 1. The zero-order valence-corrected chi connectivity index (χ0v) is 15.1.